The molecule has 0 spiro atoms. The highest BCUT2D eigenvalue weighted by molar-refractivity contribution is 6.34. The number of ether oxygens (including phenoxy) is 2. The van der Waals surface area contributed by atoms with E-state index in [0.29, 0.717) is 11.3 Å². The molecule has 0 aliphatic carbocycles. The van der Waals surface area contributed by atoms with E-state index in [1.165, 1.54) is 20.3 Å². The van der Waals surface area contributed by atoms with Gasteiger partial charge in [-0.05, 0) is 18.6 Å². The summed E-state index contributed by atoms with van der Waals surface area (Å²) >= 11 is 5.91. The Hall–Kier alpha value is -2.60. The standard InChI is InChI=1S/C16H15ClO6/c1-7-4-8(22-2)5-9(18)12(7)15(20)13-10(19)6-11(23-3)14(17)16(13)21/h4-6,18-19,21H,1-3H3. The number of carbonyl (C=O) groups excluding carboxylic acids is 1. The molecular formula is C16H15ClO6. The van der Waals surface area contributed by atoms with Crippen molar-refractivity contribution in [3.8, 4) is 28.7 Å². The fourth-order valence-electron chi connectivity index (χ4n) is 2.25. The minimum absolute atomic E-state index is 0.0221. The van der Waals surface area contributed by atoms with Crippen LogP contribution in [-0.4, -0.2) is 35.3 Å². The Morgan fingerprint density at radius 3 is 2.13 bits per heavy atom. The molecule has 0 saturated carbocycles. The molecule has 0 atom stereocenters. The summed E-state index contributed by atoms with van der Waals surface area (Å²) in [7, 11) is 2.73. The SMILES string of the molecule is COc1cc(C)c(C(=O)c2c(O)cc(OC)c(Cl)c2O)c(O)c1. The molecule has 2 aromatic carbocycles. The van der Waals surface area contributed by atoms with E-state index in [1.54, 1.807) is 13.0 Å². The quantitative estimate of drug-likeness (QED) is 0.742. The highest BCUT2D eigenvalue weighted by Crippen LogP contribution is 2.43. The van der Waals surface area contributed by atoms with Gasteiger partial charge in [-0.1, -0.05) is 11.6 Å². The van der Waals surface area contributed by atoms with Crippen molar-refractivity contribution in [1.29, 1.82) is 0 Å². The van der Waals surface area contributed by atoms with Crippen molar-refractivity contribution in [2.24, 2.45) is 0 Å². The van der Waals surface area contributed by atoms with Crippen molar-refractivity contribution in [3.63, 3.8) is 0 Å². The molecule has 0 saturated heterocycles. The topological polar surface area (TPSA) is 96.2 Å². The molecule has 0 bridgehead atoms. The Kier molecular flexibility index (Phi) is 4.56. The van der Waals surface area contributed by atoms with Crippen LogP contribution in [0.1, 0.15) is 21.5 Å². The molecule has 0 aromatic heterocycles. The van der Waals surface area contributed by atoms with Gasteiger partial charge in [0, 0.05) is 12.1 Å². The van der Waals surface area contributed by atoms with Crippen LogP contribution >= 0.6 is 11.6 Å². The molecule has 0 aliphatic rings. The van der Waals surface area contributed by atoms with E-state index < -0.39 is 22.8 Å². The Balaban J connectivity index is 2.65. The van der Waals surface area contributed by atoms with Gasteiger partial charge >= 0.3 is 0 Å². The number of hydrogen-bond acceptors (Lipinski definition) is 6. The number of aromatic hydroxyl groups is 3. The highest BCUT2D eigenvalue weighted by Gasteiger charge is 2.27. The average molecular weight is 339 g/mol. The molecule has 122 valence electrons. The molecular weight excluding hydrogens is 324 g/mol. The fraction of sp³-hybridized carbons (Fsp3) is 0.188. The van der Waals surface area contributed by atoms with Crippen LogP contribution in [0.2, 0.25) is 5.02 Å². The van der Waals surface area contributed by atoms with Gasteiger partial charge in [-0.2, -0.15) is 0 Å². The van der Waals surface area contributed by atoms with Crippen molar-refractivity contribution < 1.29 is 29.6 Å². The van der Waals surface area contributed by atoms with Gasteiger partial charge in [0.15, 0.2) is 5.75 Å². The number of ketones is 1. The van der Waals surface area contributed by atoms with Crippen LogP contribution in [0, 0.1) is 6.92 Å². The molecule has 23 heavy (non-hydrogen) atoms. The summed E-state index contributed by atoms with van der Waals surface area (Å²) in [4.78, 5) is 12.7. The predicted molar refractivity (Wildman–Crippen MR) is 84.2 cm³/mol. The summed E-state index contributed by atoms with van der Waals surface area (Å²) in [6.45, 7) is 1.59. The van der Waals surface area contributed by atoms with E-state index in [0.717, 1.165) is 6.07 Å². The minimum Gasteiger partial charge on any atom is -0.507 e. The Morgan fingerprint density at radius 2 is 1.61 bits per heavy atom. The molecule has 0 aliphatic heterocycles. The minimum atomic E-state index is -0.776. The van der Waals surface area contributed by atoms with Crippen molar-refractivity contribution in [3.05, 3.63) is 39.9 Å². The normalized spacial score (nSPS) is 10.4. The first kappa shape index (κ1) is 16.8. The highest BCUT2D eigenvalue weighted by atomic mass is 35.5. The second-order valence-corrected chi connectivity index (χ2v) is 5.18. The smallest absolute Gasteiger partial charge is 0.204 e. The number of hydrogen-bond donors (Lipinski definition) is 3. The summed E-state index contributed by atoms with van der Waals surface area (Å²) in [6.07, 6.45) is 0. The molecule has 0 radical (unpaired) electrons. The van der Waals surface area contributed by atoms with Gasteiger partial charge in [0.05, 0.1) is 19.8 Å². The van der Waals surface area contributed by atoms with Crippen LogP contribution in [0.25, 0.3) is 0 Å². The molecule has 6 nitrogen and oxygen atoms in total. The van der Waals surface area contributed by atoms with Gasteiger partial charge in [-0.25, -0.2) is 0 Å². The zero-order valence-corrected chi connectivity index (χ0v) is 13.4. The molecule has 0 unspecified atom stereocenters. The Bertz CT molecular complexity index is 762. The van der Waals surface area contributed by atoms with Gasteiger partial charge in [0.2, 0.25) is 5.78 Å². The molecule has 2 aromatic rings. The molecule has 3 N–H and O–H groups in total. The lowest BCUT2D eigenvalue weighted by Gasteiger charge is -2.14. The Labute approximate surface area is 137 Å². The lowest BCUT2D eigenvalue weighted by Crippen LogP contribution is -2.06. The number of methoxy groups -OCH3 is 2. The fourth-order valence-corrected chi connectivity index (χ4v) is 2.48. The van der Waals surface area contributed by atoms with Crippen LogP contribution in [0.4, 0.5) is 0 Å². The third-order valence-electron chi connectivity index (χ3n) is 3.38. The summed E-state index contributed by atoms with van der Waals surface area (Å²) < 4.78 is 9.90. The maximum absolute atomic E-state index is 12.7. The van der Waals surface area contributed by atoms with Crippen molar-refractivity contribution in [2.45, 2.75) is 6.92 Å². The average Bonchev–Trinajstić information content (AvgIpc) is 2.50. The van der Waals surface area contributed by atoms with Gasteiger partial charge in [0.1, 0.15) is 33.6 Å². The molecule has 2 rings (SSSR count). The van der Waals surface area contributed by atoms with E-state index in [4.69, 9.17) is 21.1 Å². The van der Waals surface area contributed by atoms with Crippen molar-refractivity contribution in [2.75, 3.05) is 14.2 Å². The largest absolute Gasteiger partial charge is 0.507 e. The van der Waals surface area contributed by atoms with Crippen LogP contribution in [0.15, 0.2) is 18.2 Å². The number of phenolic OH excluding ortho intramolecular Hbond substituents is 3. The summed E-state index contributed by atoms with van der Waals surface area (Å²) in [5.74, 6) is -1.85. The lowest BCUT2D eigenvalue weighted by atomic mass is 9.96. The summed E-state index contributed by atoms with van der Waals surface area (Å²) in [5, 5.41) is 30.0. The van der Waals surface area contributed by atoms with Gasteiger partial charge in [0.25, 0.3) is 0 Å². The van der Waals surface area contributed by atoms with Gasteiger partial charge in [-0.3, -0.25) is 4.79 Å². The number of aryl methyl sites for hydroxylation is 1. The first-order chi connectivity index (χ1) is 10.8. The predicted octanol–water partition coefficient (Wildman–Crippen LogP) is 3.01. The molecule has 0 fully saturated rings. The number of halogens is 1. The van der Waals surface area contributed by atoms with E-state index >= 15 is 0 Å². The van der Waals surface area contributed by atoms with Crippen molar-refractivity contribution >= 4 is 17.4 Å². The van der Waals surface area contributed by atoms with E-state index in [2.05, 4.69) is 0 Å². The van der Waals surface area contributed by atoms with Gasteiger partial charge < -0.3 is 24.8 Å². The summed E-state index contributed by atoms with van der Waals surface area (Å²) in [6, 6.07) is 3.93. The monoisotopic (exact) mass is 338 g/mol. The second kappa shape index (κ2) is 6.26. The zero-order valence-electron chi connectivity index (χ0n) is 12.7. The maximum Gasteiger partial charge on any atom is 0.204 e. The molecule has 0 heterocycles. The van der Waals surface area contributed by atoms with Crippen LogP contribution in [-0.2, 0) is 0 Å². The molecule has 0 amide bonds. The number of rotatable bonds is 4. The number of benzene rings is 2. The van der Waals surface area contributed by atoms with Gasteiger partial charge in [-0.15, -0.1) is 0 Å². The van der Waals surface area contributed by atoms with E-state index in [9.17, 15) is 20.1 Å². The van der Waals surface area contributed by atoms with Crippen LogP contribution in [0.5, 0.6) is 28.7 Å². The lowest BCUT2D eigenvalue weighted by molar-refractivity contribution is 0.103. The third kappa shape index (κ3) is 2.85. The van der Waals surface area contributed by atoms with Crippen molar-refractivity contribution in [1.82, 2.24) is 0 Å². The zero-order chi connectivity index (χ0) is 17.3. The Morgan fingerprint density at radius 1 is 1.00 bits per heavy atom. The number of phenols is 3. The van der Waals surface area contributed by atoms with E-state index in [-0.39, 0.29) is 22.1 Å². The number of carbonyl (C=O) groups is 1. The first-order valence-electron chi connectivity index (χ1n) is 6.52. The van der Waals surface area contributed by atoms with E-state index in [1.807, 2.05) is 0 Å². The van der Waals surface area contributed by atoms with Crippen LogP contribution in [0.3, 0.4) is 0 Å². The first-order valence-corrected chi connectivity index (χ1v) is 6.90. The second-order valence-electron chi connectivity index (χ2n) is 4.80. The maximum atomic E-state index is 12.7. The summed E-state index contributed by atoms with van der Waals surface area (Å²) in [5.41, 5.74) is -0.0745. The third-order valence-corrected chi connectivity index (χ3v) is 3.75. The molecule has 7 heteroatoms. The van der Waals surface area contributed by atoms with Crippen LogP contribution < -0.4 is 9.47 Å².